The van der Waals surface area contributed by atoms with Gasteiger partial charge in [-0.15, -0.1) is 0 Å². The molecule has 0 aliphatic heterocycles. The summed E-state index contributed by atoms with van der Waals surface area (Å²) in [6.45, 7) is 3.94. The molecule has 0 saturated heterocycles. The van der Waals surface area contributed by atoms with Crippen molar-refractivity contribution < 1.29 is 15.0 Å². The van der Waals surface area contributed by atoms with Gasteiger partial charge in [0.2, 0.25) is 0 Å². The van der Waals surface area contributed by atoms with Crippen LogP contribution in [0.1, 0.15) is 22.8 Å². The second kappa shape index (κ2) is 6.68. The Kier molecular flexibility index (Phi) is 4.69. The molecular formula is C18H16O3. The molecule has 3 heteroatoms. The van der Waals surface area contributed by atoms with Gasteiger partial charge in [-0.05, 0) is 28.3 Å². The molecule has 0 aliphatic rings. The maximum Gasteiger partial charge on any atom is 0.328 e. The second-order valence-corrected chi connectivity index (χ2v) is 4.63. The lowest BCUT2D eigenvalue weighted by molar-refractivity contribution is -0.131. The van der Waals surface area contributed by atoms with Crippen LogP contribution in [0.15, 0.2) is 67.3 Å². The van der Waals surface area contributed by atoms with Crippen molar-refractivity contribution in [2.45, 2.75) is 6.10 Å². The monoisotopic (exact) mass is 280 g/mol. The predicted octanol–water partition coefficient (Wildman–Crippen LogP) is 3.53. The van der Waals surface area contributed by atoms with Gasteiger partial charge in [-0.1, -0.05) is 61.2 Å². The van der Waals surface area contributed by atoms with Crippen molar-refractivity contribution in [3.8, 4) is 0 Å². The molecule has 0 radical (unpaired) electrons. The van der Waals surface area contributed by atoms with Gasteiger partial charge in [-0.2, -0.15) is 0 Å². The van der Waals surface area contributed by atoms with Crippen molar-refractivity contribution in [3.63, 3.8) is 0 Å². The summed E-state index contributed by atoms with van der Waals surface area (Å²) in [5.74, 6) is -0.989. The number of aliphatic hydroxyl groups excluding tert-OH is 1. The van der Waals surface area contributed by atoms with E-state index in [1.165, 1.54) is 6.08 Å². The van der Waals surface area contributed by atoms with Crippen molar-refractivity contribution in [3.05, 3.63) is 83.9 Å². The van der Waals surface area contributed by atoms with Gasteiger partial charge in [0.1, 0.15) is 6.10 Å². The topological polar surface area (TPSA) is 57.5 Å². The van der Waals surface area contributed by atoms with Crippen LogP contribution in [-0.2, 0) is 4.79 Å². The van der Waals surface area contributed by atoms with E-state index in [4.69, 9.17) is 5.11 Å². The maximum atomic E-state index is 10.5. The summed E-state index contributed by atoms with van der Waals surface area (Å²) >= 11 is 0. The van der Waals surface area contributed by atoms with Crippen LogP contribution in [0, 0.1) is 0 Å². The third-order valence-electron chi connectivity index (χ3n) is 3.15. The first kappa shape index (κ1) is 14.8. The molecule has 1 unspecified atom stereocenters. The minimum Gasteiger partial charge on any atom is -0.478 e. The number of carboxylic acid groups (broad SMARTS) is 1. The molecule has 0 amide bonds. The van der Waals surface area contributed by atoms with Crippen LogP contribution in [0.3, 0.4) is 0 Å². The SMILES string of the molecule is C=C(c1ccccc1)C(O)c1ccc(/C=C/C(=O)O)cc1. The molecule has 0 bridgehead atoms. The van der Waals surface area contributed by atoms with Gasteiger partial charge in [0, 0.05) is 6.08 Å². The Morgan fingerprint density at radius 3 is 2.24 bits per heavy atom. The molecular weight excluding hydrogens is 264 g/mol. The Balaban J connectivity index is 2.15. The van der Waals surface area contributed by atoms with Crippen molar-refractivity contribution >= 4 is 17.6 Å². The smallest absolute Gasteiger partial charge is 0.328 e. The summed E-state index contributed by atoms with van der Waals surface area (Å²) in [6.07, 6.45) is 1.80. The summed E-state index contributed by atoms with van der Waals surface area (Å²) in [5.41, 5.74) is 3.00. The molecule has 2 aromatic carbocycles. The van der Waals surface area contributed by atoms with Crippen molar-refractivity contribution in [1.29, 1.82) is 0 Å². The Morgan fingerprint density at radius 2 is 1.67 bits per heavy atom. The highest BCUT2D eigenvalue weighted by atomic mass is 16.4. The number of carbonyl (C=O) groups is 1. The molecule has 1 atom stereocenters. The zero-order valence-corrected chi connectivity index (χ0v) is 11.4. The molecule has 0 aliphatic carbocycles. The van der Waals surface area contributed by atoms with Crippen LogP contribution in [0.2, 0.25) is 0 Å². The highest BCUT2D eigenvalue weighted by molar-refractivity contribution is 5.85. The highest BCUT2D eigenvalue weighted by Gasteiger charge is 2.12. The van der Waals surface area contributed by atoms with Gasteiger partial charge in [0.15, 0.2) is 0 Å². The normalized spacial score (nSPS) is 12.2. The largest absolute Gasteiger partial charge is 0.478 e. The van der Waals surface area contributed by atoms with Gasteiger partial charge in [-0.25, -0.2) is 4.79 Å². The molecule has 21 heavy (non-hydrogen) atoms. The summed E-state index contributed by atoms with van der Waals surface area (Å²) in [5, 5.41) is 18.9. The van der Waals surface area contributed by atoms with Crippen LogP contribution >= 0.6 is 0 Å². The Bertz CT molecular complexity index is 655. The van der Waals surface area contributed by atoms with E-state index in [9.17, 15) is 9.90 Å². The summed E-state index contributed by atoms with van der Waals surface area (Å²) < 4.78 is 0. The fraction of sp³-hybridized carbons (Fsp3) is 0.0556. The van der Waals surface area contributed by atoms with Crippen LogP contribution in [0.4, 0.5) is 0 Å². The standard InChI is InChI=1S/C18H16O3/c1-13(15-5-3-2-4-6-15)18(21)16-10-7-14(8-11-16)9-12-17(19)20/h2-12,18,21H,1H2,(H,19,20)/b12-9+. The molecule has 0 spiro atoms. The van der Waals surface area contributed by atoms with Crippen LogP contribution < -0.4 is 0 Å². The number of benzene rings is 2. The molecule has 2 rings (SSSR count). The number of hydrogen-bond donors (Lipinski definition) is 2. The fourth-order valence-electron chi connectivity index (χ4n) is 1.97. The quantitative estimate of drug-likeness (QED) is 0.824. The van der Waals surface area contributed by atoms with Gasteiger partial charge in [0.25, 0.3) is 0 Å². The second-order valence-electron chi connectivity index (χ2n) is 4.63. The lowest BCUT2D eigenvalue weighted by Gasteiger charge is -2.14. The Morgan fingerprint density at radius 1 is 1.05 bits per heavy atom. The predicted molar refractivity (Wildman–Crippen MR) is 83.5 cm³/mol. The van der Waals surface area contributed by atoms with E-state index in [1.807, 2.05) is 30.3 Å². The third-order valence-corrected chi connectivity index (χ3v) is 3.15. The minimum absolute atomic E-state index is 0.629. The van der Waals surface area contributed by atoms with Crippen molar-refractivity contribution in [1.82, 2.24) is 0 Å². The summed E-state index contributed by atoms with van der Waals surface area (Å²) in [4.78, 5) is 10.5. The first-order valence-corrected chi connectivity index (χ1v) is 6.51. The Labute approximate surface area is 123 Å². The fourth-order valence-corrected chi connectivity index (χ4v) is 1.97. The zero-order valence-electron chi connectivity index (χ0n) is 11.4. The highest BCUT2D eigenvalue weighted by Crippen LogP contribution is 2.28. The number of carboxylic acids is 1. The lowest BCUT2D eigenvalue weighted by Crippen LogP contribution is -2.00. The molecule has 2 N–H and O–H groups in total. The van der Waals surface area contributed by atoms with E-state index in [0.717, 1.165) is 22.8 Å². The first-order chi connectivity index (χ1) is 10.1. The van der Waals surface area contributed by atoms with E-state index < -0.39 is 12.1 Å². The van der Waals surface area contributed by atoms with E-state index in [0.29, 0.717) is 5.57 Å². The summed E-state index contributed by atoms with van der Waals surface area (Å²) in [7, 11) is 0. The number of aliphatic hydroxyl groups is 1. The molecule has 2 aromatic rings. The molecule has 0 aromatic heterocycles. The third kappa shape index (κ3) is 3.91. The molecule has 106 valence electrons. The molecule has 3 nitrogen and oxygen atoms in total. The van der Waals surface area contributed by atoms with Crippen LogP contribution in [-0.4, -0.2) is 16.2 Å². The van der Waals surface area contributed by atoms with E-state index >= 15 is 0 Å². The van der Waals surface area contributed by atoms with Gasteiger partial charge in [0.05, 0.1) is 0 Å². The van der Waals surface area contributed by atoms with E-state index in [1.54, 1.807) is 24.3 Å². The minimum atomic E-state index is -0.989. The molecule has 0 fully saturated rings. The van der Waals surface area contributed by atoms with E-state index in [-0.39, 0.29) is 0 Å². The van der Waals surface area contributed by atoms with E-state index in [2.05, 4.69) is 6.58 Å². The first-order valence-electron chi connectivity index (χ1n) is 6.51. The Hall–Kier alpha value is -2.65. The van der Waals surface area contributed by atoms with Crippen molar-refractivity contribution in [2.24, 2.45) is 0 Å². The van der Waals surface area contributed by atoms with Gasteiger partial charge >= 0.3 is 5.97 Å². The van der Waals surface area contributed by atoms with Crippen LogP contribution in [0.25, 0.3) is 11.6 Å². The average molecular weight is 280 g/mol. The molecule has 0 saturated carbocycles. The zero-order chi connectivity index (χ0) is 15.2. The number of rotatable bonds is 5. The van der Waals surface area contributed by atoms with Gasteiger partial charge < -0.3 is 10.2 Å². The lowest BCUT2D eigenvalue weighted by atomic mass is 9.96. The number of aliphatic carboxylic acids is 1. The van der Waals surface area contributed by atoms with Crippen LogP contribution in [0.5, 0.6) is 0 Å². The average Bonchev–Trinajstić information content (AvgIpc) is 2.53. The number of hydrogen-bond acceptors (Lipinski definition) is 2. The maximum absolute atomic E-state index is 10.5. The van der Waals surface area contributed by atoms with Crippen molar-refractivity contribution in [2.75, 3.05) is 0 Å². The summed E-state index contributed by atoms with van der Waals surface area (Å²) in [6, 6.07) is 16.5. The molecule has 0 heterocycles. The van der Waals surface area contributed by atoms with Gasteiger partial charge in [-0.3, -0.25) is 0 Å².